The van der Waals surface area contributed by atoms with Crippen molar-refractivity contribution in [2.24, 2.45) is 0 Å². The molecule has 2 N–H and O–H groups in total. The summed E-state index contributed by atoms with van der Waals surface area (Å²) >= 11 is 0. The van der Waals surface area contributed by atoms with Gasteiger partial charge < -0.3 is 15.4 Å². The number of aryl methyl sites for hydroxylation is 1. The van der Waals surface area contributed by atoms with Crippen molar-refractivity contribution in [1.82, 2.24) is 0 Å². The topological polar surface area (TPSA) is 50.4 Å². The average Bonchev–Trinajstić information content (AvgIpc) is 2.48. The molecule has 4 nitrogen and oxygen atoms in total. The van der Waals surface area contributed by atoms with Crippen molar-refractivity contribution in [2.75, 3.05) is 24.3 Å². The summed E-state index contributed by atoms with van der Waals surface area (Å²) in [5.74, 6) is -0.493. The van der Waals surface area contributed by atoms with E-state index >= 15 is 0 Å². The summed E-state index contributed by atoms with van der Waals surface area (Å²) < 4.78 is 18.3. The van der Waals surface area contributed by atoms with Gasteiger partial charge in [-0.25, -0.2) is 4.39 Å². The fraction of sp³-hybridized carbons (Fsp3) is 0.188. The Morgan fingerprint density at radius 3 is 2.67 bits per heavy atom. The molecule has 0 aliphatic rings. The van der Waals surface area contributed by atoms with Crippen LogP contribution >= 0.6 is 0 Å². The number of hydrogen-bond donors (Lipinski definition) is 2. The van der Waals surface area contributed by atoms with Crippen LogP contribution in [0.15, 0.2) is 42.5 Å². The molecule has 0 heterocycles. The van der Waals surface area contributed by atoms with E-state index < -0.39 is 5.82 Å². The number of para-hydroxylation sites is 1. The number of amides is 1. The van der Waals surface area contributed by atoms with Crippen molar-refractivity contribution >= 4 is 17.3 Å². The van der Waals surface area contributed by atoms with Gasteiger partial charge in [0.1, 0.15) is 0 Å². The highest BCUT2D eigenvalue weighted by molar-refractivity contribution is 5.94. The Bertz CT molecular complexity index is 644. The van der Waals surface area contributed by atoms with E-state index in [4.69, 9.17) is 4.74 Å². The van der Waals surface area contributed by atoms with Gasteiger partial charge in [0, 0.05) is 17.4 Å². The fourth-order valence-electron chi connectivity index (χ4n) is 1.87. The van der Waals surface area contributed by atoms with Crippen molar-refractivity contribution in [3.05, 3.63) is 53.8 Å². The van der Waals surface area contributed by atoms with E-state index in [1.165, 1.54) is 19.2 Å². The molecule has 5 heteroatoms. The number of ether oxygens (including phenoxy) is 1. The van der Waals surface area contributed by atoms with Crippen LogP contribution in [-0.2, 0) is 4.79 Å². The number of carbonyl (C=O) groups excluding carboxylic acids is 1. The summed E-state index contributed by atoms with van der Waals surface area (Å²) in [5, 5.41) is 5.67. The lowest BCUT2D eigenvalue weighted by Gasteiger charge is -2.10. The predicted octanol–water partition coefficient (Wildman–Crippen LogP) is 3.19. The molecule has 0 bridgehead atoms. The van der Waals surface area contributed by atoms with Gasteiger partial charge in [-0.1, -0.05) is 18.2 Å². The van der Waals surface area contributed by atoms with Gasteiger partial charge in [-0.3, -0.25) is 4.79 Å². The molecular weight excluding hydrogens is 271 g/mol. The van der Waals surface area contributed by atoms with Crippen molar-refractivity contribution in [3.8, 4) is 5.75 Å². The molecule has 110 valence electrons. The lowest BCUT2D eigenvalue weighted by atomic mass is 10.2. The minimum absolute atomic E-state index is 0.0557. The maximum Gasteiger partial charge on any atom is 0.243 e. The van der Waals surface area contributed by atoms with Crippen LogP contribution in [0.5, 0.6) is 5.75 Å². The Labute approximate surface area is 122 Å². The first kappa shape index (κ1) is 14.8. The minimum atomic E-state index is -0.471. The largest absolute Gasteiger partial charge is 0.494 e. The van der Waals surface area contributed by atoms with Gasteiger partial charge in [0.25, 0.3) is 0 Å². The first-order valence-electron chi connectivity index (χ1n) is 6.53. The second-order valence-corrected chi connectivity index (χ2v) is 4.57. The van der Waals surface area contributed by atoms with Crippen LogP contribution in [0.1, 0.15) is 5.56 Å². The molecule has 21 heavy (non-hydrogen) atoms. The molecule has 0 atom stereocenters. The number of rotatable bonds is 5. The molecule has 0 spiro atoms. The second kappa shape index (κ2) is 6.74. The first-order chi connectivity index (χ1) is 10.1. The zero-order valence-electron chi connectivity index (χ0n) is 11.9. The first-order valence-corrected chi connectivity index (χ1v) is 6.53. The van der Waals surface area contributed by atoms with Crippen LogP contribution < -0.4 is 15.4 Å². The Hall–Kier alpha value is -2.56. The summed E-state index contributed by atoms with van der Waals surface area (Å²) in [5.41, 5.74) is 2.28. The maximum atomic E-state index is 13.5. The molecule has 0 aliphatic heterocycles. The minimum Gasteiger partial charge on any atom is -0.494 e. The van der Waals surface area contributed by atoms with E-state index in [2.05, 4.69) is 10.6 Å². The van der Waals surface area contributed by atoms with Gasteiger partial charge in [-0.15, -0.1) is 0 Å². The maximum absolute atomic E-state index is 13.5. The van der Waals surface area contributed by atoms with E-state index in [1.807, 2.05) is 31.2 Å². The third kappa shape index (κ3) is 3.95. The summed E-state index contributed by atoms with van der Waals surface area (Å²) in [7, 11) is 1.40. The van der Waals surface area contributed by atoms with Crippen molar-refractivity contribution in [3.63, 3.8) is 0 Å². The quantitative estimate of drug-likeness (QED) is 0.888. The summed E-state index contributed by atoms with van der Waals surface area (Å²) in [4.78, 5) is 11.9. The summed E-state index contributed by atoms with van der Waals surface area (Å²) in [6, 6.07) is 12.0. The second-order valence-electron chi connectivity index (χ2n) is 4.57. The number of methoxy groups -OCH3 is 1. The molecule has 1 amide bonds. The zero-order chi connectivity index (χ0) is 15.2. The van der Waals surface area contributed by atoms with E-state index in [1.54, 1.807) is 6.07 Å². The van der Waals surface area contributed by atoms with Gasteiger partial charge in [0.05, 0.1) is 13.7 Å². The Kier molecular flexibility index (Phi) is 4.77. The predicted molar refractivity (Wildman–Crippen MR) is 81.3 cm³/mol. The van der Waals surface area contributed by atoms with E-state index in [-0.39, 0.29) is 18.2 Å². The molecule has 0 fully saturated rings. The van der Waals surface area contributed by atoms with Gasteiger partial charge in [-0.05, 0) is 30.7 Å². The SMILES string of the molecule is COc1ccc(NCC(=O)Nc2ccccc2C)cc1F. The van der Waals surface area contributed by atoms with Crippen LogP contribution in [0.4, 0.5) is 15.8 Å². The number of anilines is 2. The average molecular weight is 288 g/mol. The molecule has 0 unspecified atom stereocenters. The Morgan fingerprint density at radius 1 is 1.24 bits per heavy atom. The third-order valence-corrected chi connectivity index (χ3v) is 3.02. The number of carbonyl (C=O) groups is 1. The molecule has 0 aromatic heterocycles. The monoisotopic (exact) mass is 288 g/mol. The molecule has 0 aliphatic carbocycles. The van der Waals surface area contributed by atoms with Crippen molar-refractivity contribution < 1.29 is 13.9 Å². The molecule has 0 saturated heterocycles. The molecule has 0 radical (unpaired) electrons. The number of halogens is 1. The van der Waals surface area contributed by atoms with Gasteiger partial charge >= 0.3 is 0 Å². The third-order valence-electron chi connectivity index (χ3n) is 3.02. The highest BCUT2D eigenvalue weighted by atomic mass is 19.1. The number of hydrogen-bond acceptors (Lipinski definition) is 3. The molecule has 2 rings (SSSR count). The highest BCUT2D eigenvalue weighted by Gasteiger charge is 2.06. The van der Waals surface area contributed by atoms with E-state index in [9.17, 15) is 9.18 Å². The lowest BCUT2D eigenvalue weighted by Crippen LogP contribution is -2.22. The van der Waals surface area contributed by atoms with Crippen molar-refractivity contribution in [1.29, 1.82) is 0 Å². The van der Waals surface area contributed by atoms with E-state index in [0.717, 1.165) is 11.3 Å². The van der Waals surface area contributed by atoms with Crippen LogP contribution in [0.25, 0.3) is 0 Å². The van der Waals surface area contributed by atoms with Crippen LogP contribution in [0.2, 0.25) is 0 Å². The summed E-state index contributed by atoms with van der Waals surface area (Å²) in [6.07, 6.45) is 0. The number of nitrogens with one attached hydrogen (secondary N) is 2. The highest BCUT2D eigenvalue weighted by Crippen LogP contribution is 2.20. The van der Waals surface area contributed by atoms with Crippen LogP contribution in [-0.4, -0.2) is 19.6 Å². The van der Waals surface area contributed by atoms with Crippen LogP contribution in [0.3, 0.4) is 0 Å². The van der Waals surface area contributed by atoms with Gasteiger partial charge in [0.2, 0.25) is 5.91 Å². The molecule has 2 aromatic rings. The van der Waals surface area contributed by atoms with E-state index in [0.29, 0.717) is 5.69 Å². The normalized spacial score (nSPS) is 10.0. The van der Waals surface area contributed by atoms with Gasteiger partial charge in [-0.2, -0.15) is 0 Å². The molecule has 0 saturated carbocycles. The lowest BCUT2D eigenvalue weighted by molar-refractivity contribution is -0.114. The smallest absolute Gasteiger partial charge is 0.243 e. The standard InChI is InChI=1S/C16H17FN2O2/c1-11-5-3-4-6-14(11)19-16(20)10-18-12-7-8-15(21-2)13(17)9-12/h3-9,18H,10H2,1-2H3,(H,19,20). The fourth-order valence-corrected chi connectivity index (χ4v) is 1.87. The Morgan fingerprint density at radius 2 is 2.00 bits per heavy atom. The zero-order valence-corrected chi connectivity index (χ0v) is 11.9. The molecular formula is C16H17FN2O2. The summed E-state index contributed by atoms with van der Waals surface area (Å²) in [6.45, 7) is 1.97. The van der Waals surface area contributed by atoms with Gasteiger partial charge in [0.15, 0.2) is 11.6 Å². The number of benzene rings is 2. The van der Waals surface area contributed by atoms with Crippen LogP contribution in [0, 0.1) is 12.7 Å². The van der Waals surface area contributed by atoms with Crippen molar-refractivity contribution in [2.45, 2.75) is 6.92 Å². The molecule has 2 aromatic carbocycles. The Balaban J connectivity index is 1.92.